The smallest absolute Gasteiger partial charge is 0.371 e. The van der Waals surface area contributed by atoms with Crippen molar-refractivity contribution in [3.8, 4) is 0 Å². The molecule has 0 bridgehead atoms. The third-order valence-corrected chi connectivity index (χ3v) is 5.21. The van der Waals surface area contributed by atoms with Gasteiger partial charge in [-0.3, -0.25) is 0 Å². The lowest BCUT2D eigenvalue weighted by Crippen LogP contribution is -2.42. The molecule has 19 heavy (non-hydrogen) atoms. The number of aryl methyl sites for hydroxylation is 1. The van der Waals surface area contributed by atoms with Crippen LogP contribution in [-0.2, 0) is 10.0 Å². The Balaban J connectivity index is 2.32. The van der Waals surface area contributed by atoms with Gasteiger partial charge in [0.05, 0.1) is 0 Å². The van der Waals surface area contributed by atoms with Gasteiger partial charge < -0.3 is 15.3 Å². The minimum absolute atomic E-state index is 0.0199. The van der Waals surface area contributed by atoms with Crippen molar-refractivity contribution in [3.63, 3.8) is 0 Å². The van der Waals surface area contributed by atoms with Crippen molar-refractivity contribution >= 4 is 16.0 Å². The zero-order chi connectivity index (χ0) is 14.2. The van der Waals surface area contributed by atoms with Crippen molar-refractivity contribution in [2.75, 3.05) is 13.1 Å². The van der Waals surface area contributed by atoms with E-state index in [4.69, 9.17) is 15.3 Å². The van der Waals surface area contributed by atoms with Gasteiger partial charge in [0, 0.05) is 25.2 Å². The van der Waals surface area contributed by atoms with E-state index in [2.05, 4.69) is 0 Å². The molecule has 0 aliphatic carbocycles. The Morgan fingerprint density at radius 2 is 2.05 bits per heavy atom. The summed E-state index contributed by atoms with van der Waals surface area (Å²) < 4.78 is 31.0. The van der Waals surface area contributed by atoms with Crippen LogP contribution in [0.2, 0.25) is 0 Å². The van der Waals surface area contributed by atoms with Crippen LogP contribution in [-0.4, -0.2) is 42.9 Å². The third kappa shape index (κ3) is 2.65. The summed E-state index contributed by atoms with van der Waals surface area (Å²) in [4.78, 5) is 10.7. The van der Waals surface area contributed by atoms with Crippen LogP contribution >= 0.6 is 0 Å². The number of hydrogen-bond donors (Lipinski definition) is 2. The van der Waals surface area contributed by atoms with Crippen LogP contribution in [0.25, 0.3) is 0 Å². The first-order valence-electron chi connectivity index (χ1n) is 5.92. The minimum atomic E-state index is -3.71. The van der Waals surface area contributed by atoms with Crippen molar-refractivity contribution in [1.29, 1.82) is 0 Å². The van der Waals surface area contributed by atoms with Gasteiger partial charge in [0.25, 0.3) is 0 Å². The number of aromatic carboxylic acids is 1. The highest BCUT2D eigenvalue weighted by Gasteiger charge is 2.32. The minimum Gasteiger partial charge on any atom is -0.475 e. The van der Waals surface area contributed by atoms with Crippen LogP contribution < -0.4 is 5.73 Å². The molecule has 0 amide bonds. The van der Waals surface area contributed by atoms with Crippen LogP contribution in [0.1, 0.15) is 29.2 Å². The number of nitrogens with zero attached hydrogens (tertiary/aromatic N) is 1. The molecule has 0 aromatic carbocycles. The second kappa shape index (κ2) is 4.95. The van der Waals surface area contributed by atoms with E-state index in [0.29, 0.717) is 25.9 Å². The number of rotatable bonds is 3. The van der Waals surface area contributed by atoms with Crippen molar-refractivity contribution in [2.24, 2.45) is 5.73 Å². The van der Waals surface area contributed by atoms with Gasteiger partial charge in [0.1, 0.15) is 10.7 Å². The lowest BCUT2D eigenvalue weighted by atomic mass is 10.1. The van der Waals surface area contributed by atoms with Crippen LogP contribution in [0.4, 0.5) is 0 Å². The van der Waals surface area contributed by atoms with Crippen molar-refractivity contribution in [2.45, 2.75) is 30.7 Å². The summed E-state index contributed by atoms with van der Waals surface area (Å²) in [7, 11) is -3.71. The predicted molar refractivity (Wildman–Crippen MR) is 66.4 cm³/mol. The summed E-state index contributed by atoms with van der Waals surface area (Å²) in [6.45, 7) is 2.13. The van der Waals surface area contributed by atoms with E-state index >= 15 is 0 Å². The zero-order valence-corrected chi connectivity index (χ0v) is 11.3. The zero-order valence-electron chi connectivity index (χ0n) is 10.5. The number of nitrogens with two attached hydrogens (primary N) is 1. The molecule has 2 rings (SSSR count). The quantitative estimate of drug-likeness (QED) is 0.832. The van der Waals surface area contributed by atoms with Gasteiger partial charge in [-0.15, -0.1) is 0 Å². The fourth-order valence-corrected chi connectivity index (χ4v) is 3.71. The molecule has 8 heteroatoms. The number of hydrogen-bond acceptors (Lipinski definition) is 5. The van der Waals surface area contributed by atoms with Crippen LogP contribution in [0.5, 0.6) is 0 Å². The molecule has 0 radical (unpaired) electrons. The summed E-state index contributed by atoms with van der Waals surface area (Å²) in [5.74, 6) is -1.57. The van der Waals surface area contributed by atoms with Gasteiger partial charge in [0.2, 0.25) is 15.8 Å². The molecule has 3 N–H and O–H groups in total. The fraction of sp³-hybridized carbons (Fsp3) is 0.545. The molecule has 1 aromatic heterocycles. The standard InChI is InChI=1S/C11H16N2O5S/c1-7-10(6-9(18-7)11(14)15)19(16,17)13-4-2-8(12)3-5-13/h6,8H,2-5,12H2,1H3,(H,14,15). The summed E-state index contributed by atoms with van der Waals surface area (Å²) in [6, 6.07) is 1.08. The van der Waals surface area contributed by atoms with Crippen LogP contribution in [0.15, 0.2) is 15.4 Å². The van der Waals surface area contributed by atoms with E-state index in [0.717, 1.165) is 6.07 Å². The highest BCUT2D eigenvalue weighted by atomic mass is 32.2. The van der Waals surface area contributed by atoms with E-state index in [-0.39, 0.29) is 22.5 Å². The maximum Gasteiger partial charge on any atom is 0.371 e. The average Bonchev–Trinajstić information content (AvgIpc) is 2.73. The number of carbonyl (C=O) groups is 1. The predicted octanol–water partition coefficient (Wildman–Crippen LogP) is 0.398. The molecule has 106 valence electrons. The maximum atomic E-state index is 12.4. The Bertz CT molecular complexity index is 584. The maximum absolute atomic E-state index is 12.4. The number of sulfonamides is 1. The van der Waals surface area contributed by atoms with Crippen LogP contribution in [0.3, 0.4) is 0 Å². The van der Waals surface area contributed by atoms with E-state index < -0.39 is 16.0 Å². The Morgan fingerprint density at radius 1 is 1.47 bits per heavy atom. The normalized spacial score (nSPS) is 18.6. The molecule has 1 fully saturated rings. The Kier molecular flexibility index (Phi) is 3.66. The molecule has 0 atom stereocenters. The molecular weight excluding hydrogens is 272 g/mol. The van der Waals surface area contributed by atoms with E-state index in [9.17, 15) is 13.2 Å². The summed E-state index contributed by atoms with van der Waals surface area (Å²) in [6.07, 6.45) is 1.20. The van der Waals surface area contributed by atoms with E-state index in [1.165, 1.54) is 11.2 Å². The SMILES string of the molecule is Cc1oc(C(=O)O)cc1S(=O)(=O)N1CCC(N)CC1. The Morgan fingerprint density at radius 3 is 2.53 bits per heavy atom. The number of piperidine rings is 1. The largest absolute Gasteiger partial charge is 0.475 e. The highest BCUT2D eigenvalue weighted by molar-refractivity contribution is 7.89. The van der Waals surface area contributed by atoms with Crippen molar-refractivity contribution in [3.05, 3.63) is 17.6 Å². The van der Waals surface area contributed by atoms with Crippen LogP contribution in [0, 0.1) is 6.92 Å². The highest BCUT2D eigenvalue weighted by Crippen LogP contribution is 2.25. The number of furan rings is 1. The first-order chi connectivity index (χ1) is 8.82. The molecule has 0 saturated carbocycles. The molecule has 0 spiro atoms. The lowest BCUT2D eigenvalue weighted by Gasteiger charge is -2.28. The summed E-state index contributed by atoms with van der Waals surface area (Å²) in [5.41, 5.74) is 5.73. The molecular formula is C11H16N2O5S. The fourth-order valence-electron chi connectivity index (χ4n) is 2.08. The van der Waals surface area contributed by atoms with E-state index in [1.807, 2.05) is 0 Å². The molecule has 7 nitrogen and oxygen atoms in total. The van der Waals surface area contributed by atoms with Gasteiger partial charge in [-0.1, -0.05) is 0 Å². The second-order valence-corrected chi connectivity index (χ2v) is 6.48. The summed E-state index contributed by atoms with van der Waals surface area (Å²) in [5, 5.41) is 8.81. The first kappa shape index (κ1) is 14.0. The molecule has 1 saturated heterocycles. The number of carboxylic acid groups (broad SMARTS) is 1. The van der Waals surface area contributed by atoms with E-state index in [1.54, 1.807) is 0 Å². The van der Waals surface area contributed by atoms with Gasteiger partial charge in [0.15, 0.2) is 0 Å². The number of carboxylic acids is 1. The molecule has 1 aliphatic rings. The average molecular weight is 288 g/mol. The second-order valence-electron chi connectivity index (χ2n) is 4.58. The molecule has 1 aromatic rings. The molecule has 1 aliphatic heterocycles. The Hall–Kier alpha value is -1.38. The van der Waals surface area contributed by atoms with Gasteiger partial charge in [-0.05, 0) is 19.8 Å². The molecule has 0 unspecified atom stereocenters. The van der Waals surface area contributed by atoms with Crippen molar-refractivity contribution < 1.29 is 22.7 Å². The van der Waals surface area contributed by atoms with Gasteiger partial charge in [-0.2, -0.15) is 4.31 Å². The third-order valence-electron chi connectivity index (χ3n) is 3.20. The summed E-state index contributed by atoms with van der Waals surface area (Å²) >= 11 is 0. The topological polar surface area (TPSA) is 114 Å². The monoisotopic (exact) mass is 288 g/mol. The van der Waals surface area contributed by atoms with Gasteiger partial charge >= 0.3 is 5.97 Å². The molecule has 2 heterocycles. The lowest BCUT2D eigenvalue weighted by molar-refractivity contribution is 0.0661. The Labute approximate surface area is 111 Å². The van der Waals surface area contributed by atoms with Crippen molar-refractivity contribution in [1.82, 2.24) is 4.31 Å². The van der Waals surface area contributed by atoms with Gasteiger partial charge in [-0.25, -0.2) is 13.2 Å². The first-order valence-corrected chi connectivity index (χ1v) is 7.36.